The molecule has 1 heterocycles. The topological polar surface area (TPSA) is 69.6 Å². The van der Waals surface area contributed by atoms with Crippen LogP contribution in [0.25, 0.3) is 11.1 Å². The number of amides is 2. The molecule has 1 saturated heterocycles. The summed E-state index contributed by atoms with van der Waals surface area (Å²) in [5.74, 6) is -2.00. The van der Waals surface area contributed by atoms with Gasteiger partial charge in [0.15, 0.2) is 0 Å². The van der Waals surface area contributed by atoms with Crippen molar-refractivity contribution in [3.63, 3.8) is 0 Å². The minimum atomic E-state index is -0.907. The second kappa shape index (κ2) is 7.34. The van der Waals surface area contributed by atoms with Crippen molar-refractivity contribution < 1.29 is 19.1 Å². The van der Waals surface area contributed by atoms with Crippen LogP contribution in [-0.4, -0.2) is 35.1 Å². The van der Waals surface area contributed by atoms with Crippen LogP contribution in [0.4, 0.5) is 14.9 Å². The average Bonchev–Trinajstić information content (AvgIpc) is 2.64. The first-order valence-corrected chi connectivity index (χ1v) is 8.18. The molecule has 1 atom stereocenters. The summed E-state index contributed by atoms with van der Waals surface area (Å²) in [6.07, 6.45) is 1.18. The van der Waals surface area contributed by atoms with E-state index in [1.54, 1.807) is 6.07 Å². The van der Waals surface area contributed by atoms with Gasteiger partial charge in [-0.25, -0.2) is 9.18 Å². The van der Waals surface area contributed by atoms with E-state index in [4.69, 9.17) is 5.11 Å². The number of rotatable bonds is 3. The van der Waals surface area contributed by atoms with E-state index in [2.05, 4.69) is 5.32 Å². The van der Waals surface area contributed by atoms with Crippen LogP contribution in [0.5, 0.6) is 0 Å². The normalized spacial score (nSPS) is 17.2. The lowest BCUT2D eigenvalue weighted by Crippen LogP contribution is -2.44. The minimum Gasteiger partial charge on any atom is -0.481 e. The molecule has 2 N–H and O–H groups in total. The monoisotopic (exact) mass is 342 g/mol. The molecule has 0 spiro atoms. The SMILES string of the molecule is O=C(O)[C@H]1CCCN(C(=O)Nc2ccc(-c3ccccc3)cc2F)C1. The van der Waals surface area contributed by atoms with Gasteiger partial charge in [-0.05, 0) is 36.1 Å². The van der Waals surface area contributed by atoms with Crippen molar-refractivity contribution >= 4 is 17.7 Å². The number of likely N-dealkylation sites (tertiary alicyclic amines) is 1. The maximum absolute atomic E-state index is 14.3. The van der Waals surface area contributed by atoms with Gasteiger partial charge in [-0.1, -0.05) is 36.4 Å². The molecule has 1 aliphatic rings. The zero-order chi connectivity index (χ0) is 17.8. The molecule has 130 valence electrons. The lowest BCUT2D eigenvalue weighted by molar-refractivity contribution is -0.143. The highest BCUT2D eigenvalue weighted by Gasteiger charge is 2.28. The number of aliphatic carboxylic acids is 1. The van der Waals surface area contributed by atoms with Gasteiger partial charge in [0.2, 0.25) is 0 Å². The molecule has 0 aliphatic carbocycles. The molecule has 2 aromatic rings. The molecule has 3 rings (SSSR count). The Bertz CT molecular complexity index is 779. The first-order valence-electron chi connectivity index (χ1n) is 8.18. The van der Waals surface area contributed by atoms with E-state index in [0.29, 0.717) is 19.4 Å². The van der Waals surface area contributed by atoms with Gasteiger partial charge in [-0.15, -0.1) is 0 Å². The maximum atomic E-state index is 14.3. The minimum absolute atomic E-state index is 0.0853. The molecular formula is C19H19FN2O3. The fourth-order valence-electron chi connectivity index (χ4n) is 2.98. The number of hydrogen-bond acceptors (Lipinski definition) is 2. The predicted molar refractivity (Wildman–Crippen MR) is 92.8 cm³/mol. The number of halogens is 1. The van der Waals surface area contributed by atoms with Crippen LogP contribution in [0.1, 0.15) is 12.8 Å². The summed E-state index contributed by atoms with van der Waals surface area (Å²) in [4.78, 5) is 24.8. The third-order valence-electron chi connectivity index (χ3n) is 4.38. The molecule has 2 amide bonds. The van der Waals surface area contributed by atoms with Crippen molar-refractivity contribution in [2.45, 2.75) is 12.8 Å². The van der Waals surface area contributed by atoms with Gasteiger partial charge in [0.05, 0.1) is 11.6 Å². The molecule has 0 aromatic heterocycles. The van der Waals surface area contributed by atoms with E-state index in [-0.39, 0.29) is 12.2 Å². The van der Waals surface area contributed by atoms with Crippen LogP contribution in [-0.2, 0) is 4.79 Å². The summed E-state index contributed by atoms with van der Waals surface area (Å²) < 4.78 is 14.3. The Balaban J connectivity index is 1.70. The molecule has 2 aromatic carbocycles. The smallest absolute Gasteiger partial charge is 0.321 e. The van der Waals surface area contributed by atoms with Crippen molar-refractivity contribution in [3.8, 4) is 11.1 Å². The van der Waals surface area contributed by atoms with Crippen LogP contribution in [0.3, 0.4) is 0 Å². The van der Waals surface area contributed by atoms with Gasteiger partial charge in [0.25, 0.3) is 0 Å². The van der Waals surface area contributed by atoms with Gasteiger partial charge < -0.3 is 15.3 Å². The number of benzene rings is 2. The van der Waals surface area contributed by atoms with E-state index in [0.717, 1.165) is 11.1 Å². The van der Waals surface area contributed by atoms with Gasteiger partial charge >= 0.3 is 12.0 Å². The number of anilines is 1. The molecule has 1 fully saturated rings. The summed E-state index contributed by atoms with van der Waals surface area (Å²) in [5.41, 5.74) is 1.70. The summed E-state index contributed by atoms with van der Waals surface area (Å²) >= 11 is 0. The maximum Gasteiger partial charge on any atom is 0.321 e. The zero-order valence-electron chi connectivity index (χ0n) is 13.6. The van der Waals surface area contributed by atoms with Crippen molar-refractivity contribution in [1.29, 1.82) is 0 Å². The summed E-state index contributed by atoms with van der Waals surface area (Å²) in [7, 11) is 0. The first-order chi connectivity index (χ1) is 12.0. The molecule has 0 saturated carbocycles. The van der Waals surface area contributed by atoms with Crippen LogP contribution < -0.4 is 5.32 Å². The van der Waals surface area contributed by atoms with Gasteiger partial charge in [0.1, 0.15) is 5.82 Å². The second-order valence-electron chi connectivity index (χ2n) is 6.11. The Labute approximate surface area is 145 Å². The number of nitrogens with one attached hydrogen (secondary N) is 1. The summed E-state index contributed by atoms with van der Waals surface area (Å²) in [6.45, 7) is 0.615. The average molecular weight is 342 g/mol. The number of nitrogens with zero attached hydrogens (tertiary/aromatic N) is 1. The number of carboxylic acids is 1. The summed E-state index contributed by atoms with van der Waals surface area (Å²) in [6, 6.07) is 13.6. The molecule has 6 heteroatoms. The Hall–Kier alpha value is -2.89. The van der Waals surface area contributed by atoms with E-state index in [1.807, 2.05) is 30.3 Å². The Kier molecular flexibility index (Phi) is 4.97. The molecule has 5 nitrogen and oxygen atoms in total. The molecule has 0 bridgehead atoms. The fourth-order valence-corrected chi connectivity index (χ4v) is 2.98. The number of carbonyl (C=O) groups is 2. The third kappa shape index (κ3) is 3.96. The first kappa shape index (κ1) is 17.0. The number of carbonyl (C=O) groups excluding carboxylic acids is 1. The Morgan fingerprint density at radius 1 is 1.12 bits per heavy atom. The Morgan fingerprint density at radius 2 is 1.88 bits per heavy atom. The largest absolute Gasteiger partial charge is 0.481 e. The fraction of sp³-hybridized carbons (Fsp3) is 0.263. The van der Waals surface area contributed by atoms with Gasteiger partial charge in [0, 0.05) is 13.1 Å². The summed E-state index contributed by atoms with van der Waals surface area (Å²) in [5, 5.41) is 11.6. The van der Waals surface area contributed by atoms with Crippen LogP contribution in [0, 0.1) is 11.7 Å². The van der Waals surface area contributed by atoms with Gasteiger partial charge in [-0.3, -0.25) is 4.79 Å². The molecule has 25 heavy (non-hydrogen) atoms. The zero-order valence-corrected chi connectivity index (χ0v) is 13.6. The van der Waals surface area contributed by atoms with E-state index in [1.165, 1.54) is 17.0 Å². The quantitative estimate of drug-likeness (QED) is 0.891. The van der Waals surface area contributed by atoms with Crippen molar-refractivity contribution in [2.24, 2.45) is 5.92 Å². The van der Waals surface area contributed by atoms with Crippen molar-refractivity contribution in [3.05, 3.63) is 54.3 Å². The molecule has 1 aliphatic heterocycles. The highest BCUT2D eigenvalue weighted by atomic mass is 19.1. The highest BCUT2D eigenvalue weighted by molar-refractivity contribution is 5.90. The third-order valence-corrected chi connectivity index (χ3v) is 4.38. The van der Waals surface area contributed by atoms with Crippen LogP contribution in [0.15, 0.2) is 48.5 Å². The number of urea groups is 1. The lowest BCUT2D eigenvalue weighted by Gasteiger charge is -2.30. The number of hydrogen-bond donors (Lipinski definition) is 2. The van der Waals surface area contributed by atoms with E-state index in [9.17, 15) is 14.0 Å². The van der Waals surface area contributed by atoms with Crippen molar-refractivity contribution in [2.75, 3.05) is 18.4 Å². The van der Waals surface area contributed by atoms with Crippen LogP contribution in [0.2, 0.25) is 0 Å². The second-order valence-corrected chi connectivity index (χ2v) is 6.11. The Morgan fingerprint density at radius 3 is 2.56 bits per heavy atom. The molecular weight excluding hydrogens is 323 g/mol. The highest BCUT2D eigenvalue weighted by Crippen LogP contribution is 2.25. The van der Waals surface area contributed by atoms with Crippen LogP contribution >= 0.6 is 0 Å². The molecule has 0 unspecified atom stereocenters. The number of carboxylic acid groups (broad SMARTS) is 1. The van der Waals surface area contributed by atoms with E-state index < -0.39 is 23.7 Å². The van der Waals surface area contributed by atoms with Gasteiger partial charge in [-0.2, -0.15) is 0 Å². The van der Waals surface area contributed by atoms with E-state index >= 15 is 0 Å². The lowest BCUT2D eigenvalue weighted by atomic mass is 9.99. The van der Waals surface area contributed by atoms with Crippen molar-refractivity contribution in [1.82, 2.24) is 4.90 Å². The number of piperidine rings is 1. The standard InChI is InChI=1S/C19H19FN2O3/c20-16-11-14(13-5-2-1-3-6-13)8-9-17(16)21-19(25)22-10-4-7-15(12-22)18(23)24/h1-3,5-6,8-9,11,15H,4,7,10,12H2,(H,21,25)(H,23,24)/t15-/m0/s1. The molecule has 0 radical (unpaired) electrons. The predicted octanol–water partition coefficient (Wildman–Crippen LogP) is 3.82.